The molecule has 0 aromatic heterocycles. The molecule has 0 saturated carbocycles. The number of amides is 4. The van der Waals surface area contributed by atoms with E-state index in [0.29, 0.717) is 11.1 Å². The van der Waals surface area contributed by atoms with Crippen molar-refractivity contribution in [3.8, 4) is 0 Å². The van der Waals surface area contributed by atoms with Crippen molar-refractivity contribution in [3.05, 3.63) is 35.4 Å². The van der Waals surface area contributed by atoms with Gasteiger partial charge in [0.1, 0.15) is 17.5 Å². The van der Waals surface area contributed by atoms with Gasteiger partial charge in [0, 0.05) is 10.3 Å². The number of thioether (sulfide) groups is 1. The maximum Gasteiger partial charge on any atom is 0.262 e. The van der Waals surface area contributed by atoms with Crippen LogP contribution in [-0.4, -0.2) is 61.2 Å². The second-order valence-electron chi connectivity index (χ2n) is 8.97. The molecule has 2 fully saturated rings. The zero-order valence-corrected chi connectivity index (χ0v) is 17.3. The Morgan fingerprint density at radius 1 is 1.07 bits per heavy atom. The smallest absolute Gasteiger partial charge is 0.262 e. The average molecular weight is 401 g/mol. The molecule has 3 atom stereocenters. The van der Waals surface area contributed by atoms with Crippen LogP contribution in [0.25, 0.3) is 0 Å². The molecule has 2 saturated heterocycles. The van der Waals surface area contributed by atoms with Crippen LogP contribution in [0.3, 0.4) is 0 Å². The van der Waals surface area contributed by atoms with E-state index in [1.807, 2.05) is 34.6 Å². The Labute approximate surface area is 167 Å². The van der Waals surface area contributed by atoms with Crippen molar-refractivity contribution in [1.29, 1.82) is 0 Å². The number of nitrogens with one attached hydrogen (secondary N) is 1. The molecule has 4 rings (SSSR count). The third-order valence-electron chi connectivity index (χ3n) is 5.26. The summed E-state index contributed by atoms with van der Waals surface area (Å²) in [6, 6.07) is 5.07. The molecule has 1 N–H and O–H groups in total. The first kappa shape index (κ1) is 19.0. The lowest BCUT2D eigenvalue weighted by Crippen LogP contribution is -2.72. The van der Waals surface area contributed by atoms with Crippen LogP contribution in [-0.2, 0) is 9.59 Å². The zero-order chi connectivity index (χ0) is 20.6. The molecular formula is C20H23N3O4S. The number of β-lactam (4-membered cyclic amide) rings is 1. The van der Waals surface area contributed by atoms with E-state index in [-0.39, 0.29) is 11.8 Å². The lowest BCUT2D eigenvalue weighted by atomic mass is 9.93. The van der Waals surface area contributed by atoms with Gasteiger partial charge in [0.25, 0.3) is 17.7 Å². The van der Waals surface area contributed by atoms with Crippen LogP contribution in [0.5, 0.6) is 0 Å². The first-order chi connectivity index (χ1) is 12.9. The molecule has 3 aliphatic rings. The highest BCUT2D eigenvalue weighted by Crippen LogP contribution is 2.53. The minimum absolute atomic E-state index is 0.221. The molecule has 1 aromatic carbocycles. The number of hydrogen-bond donors (Lipinski definition) is 1. The van der Waals surface area contributed by atoms with Gasteiger partial charge in [-0.05, 0) is 46.8 Å². The molecule has 0 radical (unpaired) electrons. The second-order valence-corrected chi connectivity index (χ2v) is 10.7. The Morgan fingerprint density at radius 3 is 2.11 bits per heavy atom. The average Bonchev–Trinajstić information content (AvgIpc) is 2.98. The number of fused-ring (bicyclic) bond motifs is 2. The maximum absolute atomic E-state index is 13.0. The van der Waals surface area contributed by atoms with E-state index in [1.54, 1.807) is 24.3 Å². The molecule has 148 valence electrons. The van der Waals surface area contributed by atoms with Gasteiger partial charge in [-0.15, -0.1) is 11.8 Å². The van der Waals surface area contributed by atoms with Crippen molar-refractivity contribution >= 4 is 35.4 Å². The van der Waals surface area contributed by atoms with E-state index in [4.69, 9.17) is 0 Å². The molecule has 3 heterocycles. The summed E-state index contributed by atoms with van der Waals surface area (Å²) in [7, 11) is 0. The number of benzene rings is 1. The molecule has 28 heavy (non-hydrogen) atoms. The fourth-order valence-corrected chi connectivity index (χ4v) is 5.83. The van der Waals surface area contributed by atoms with E-state index in [2.05, 4.69) is 5.32 Å². The first-order valence-electron chi connectivity index (χ1n) is 9.23. The highest BCUT2D eigenvalue weighted by Gasteiger charge is 2.67. The van der Waals surface area contributed by atoms with Crippen molar-refractivity contribution in [1.82, 2.24) is 15.1 Å². The number of carbonyl (C=O) groups is 4. The molecule has 4 amide bonds. The summed E-state index contributed by atoms with van der Waals surface area (Å²) in [4.78, 5) is 54.1. The summed E-state index contributed by atoms with van der Waals surface area (Å²) in [5.41, 5.74) is 0.220. The summed E-state index contributed by atoms with van der Waals surface area (Å²) in [5, 5.41) is 2.53. The highest BCUT2D eigenvalue weighted by molar-refractivity contribution is 8.01. The molecule has 8 heteroatoms. The van der Waals surface area contributed by atoms with Crippen LogP contribution in [0.1, 0.15) is 55.3 Å². The molecular weight excluding hydrogens is 378 g/mol. The van der Waals surface area contributed by atoms with E-state index in [1.165, 1.54) is 16.7 Å². The monoisotopic (exact) mass is 401 g/mol. The minimum atomic E-state index is -0.871. The lowest BCUT2D eigenvalue weighted by molar-refractivity contribution is -0.157. The van der Waals surface area contributed by atoms with Crippen molar-refractivity contribution in [2.24, 2.45) is 0 Å². The van der Waals surface area contributed by atoms with Gasteiger partial charge in [-0.2, -0.15) is 0 Å². The fraction of sp³-hybridized carbons (Fsp3) is 0.500. The van der Waals surface area contributed by atoms with E-state index >= 15 is 0 Å². The summed E-state index contributed by atoms with van der Waals surface area (Å²) < 4.78 is -0.539. The van der Waals surface area contributed by atoms with Crippen LogP contribution in [0.2, 0.25) is 0 Å². The van der Waals surface area contributed by atoms with Crippen LogP contribution >= 0.6 is 11.8 Å². The van der Waals surface area contributed by atoms with Gasteiger partial charge in [-0.25, -0.2) is 0 Å². The van der Waals surface area contributed by atoms with E-state index in [0.717, 1.165) is 4.90 Å². The van der Waals surface area contributed by atoms with Gasteiger partial charge < -0.3 is 10.2 Å². The molecule has 0 spiro atoms. The Bertz CT molecular complexity index is 885. The van der Waals surface area contributed by atoms with Crippen molar-refractivity contribution in [2.45, 2.75) is 62.4 Å². The third kappa shape index (κ3) is 2.57. The van der Waals surface area contributed by atoms with Gasteiger partial charge in [-0.1, -0.05) is 12.1 Å². The molecule has 0 unspecified atom stereocenters. The molecule has 1 aromatic rings. The number of carbonyl (C=O) groups excluding carboxylic acids is 4. The molecule has 0 aliphatic carbocycles. The Morgan fingerprint density at radius 2 is 1.61 bits per heavy atom. The normalized spacial score (nSPS) is 28.2. The number of hydrogen-bond acceptors (Lipinski definition) is 5. The summed E-state index contributed by atoms with van der Waals surface area (Å²) >= 11 is 1.46. The largest absolute Gasteiger partial charge is 0.350 e. The SMILES string of the molecule is CC(C)(C)NC(=O)[C@H]1N2C(=O)[C@@H](N3C(=O)c4ccccc4C3=O)[C@H]2SC1(C)C. The van der Waals surface area contributed by atoms with Crippen molar-refractivity contribution < 1.29 is 19.2 Å². The summed E-state index contributed by atoms with van der Waals surface area (Å²) in [6.07, 6.45) is 0. The molecule has 3 aliphatic heterocycles. The lowest BCUT2D eigenvalue weighted by Gasteiger charge is -2.47. The van der Waals surface area contributed by atoms with E-state index in [9.17, 15) is 19.2 Å². The highest BCUT2D eigenvalue weighted by atomic mass is 32.2. The van der Waals surface area contributed by atoms with Gasteiger partial charge in [0.15, 0.2) is 0 Å². The van der Waals surface area contributed by atoms with Gasteiger partial charge in [0.2, 0.25) is 5.91 Å². The maximum atomic E-state index is 13.0. The fourth-order valence-electron chi connectivity index (χ4n) is 4.15. The Hall–Kier alpha value is -2.35. The summed E-state index contributed by atoms with van der Waals surface area (Å²) in [5.74, 6) is -1.47. The van der Waals surface area contributed by atoms with Crippen LogP contribution in [0.15, 0.2) is 24.3 Å². The van der Waals surface area contributed by atoms with Crippen molar-refractivity contribution in [2.75, 3.05) is 0 Å². The van der Waals surface area contributed by atoms with Gasteiger partial charge in [-0.3, -0.25) is 24.1 Å². The topological polar surface area (TPSA) is 86.8 Å². The standard InChI is InChI=1S/C20H23N3O4S/c1-19(2,3)21-14(24)13-20(4,5)28-18-12(17(27)23(13)18)22-15(25)10-8-6-7-9-11(10)16(22)26/h6-9,12-13,18H,1-5H3,(H,21,24)/t12-,13-,18-/m1/s1. The number of imide groups is 1. The van der Waals surface area contributed by atoms with Crippen LogP contribution in [0, 0.1) is 0 Å². The third-order valence-corrected chi connectivity index (χ3v) is 6.82. The number of nitrogens with zero attached hydrogens (tertiary/aromatic N) is 2. The van der Waals surface area contributed by atoms with Crippen LogP contribution in [0.4, 0.5) is 0 Å². The van der Waals surface area contributed by atoms with Crippen LogP contribution < -0.4 is 5.32 Å². The first-order valence-corrected chi connectivity index (χ1v) is 10.1. The molecule has 0 bridgehead atoms. The minimum Gasteiger partial charge on any atom is -0.350 e. The summed E-state index contributed by atoms with van der Waals surface area (Å²) in [6.45, 7) is 9.48. The van der Waals surface area contributed by atoms with Gasteiger partial charge in [0.05, 0.1) is 11.1 Å². The number of rotatable bonds is 2. The van der Waals surface area contributed by atoms with Gasteiger partial charge >= 0.3 is 0 Å². The van der Waals surface area contributed by atoms with E-state index < -0.39 is 39.6 Å². The predicted molar refractivity (Wildman–Crippen MR) is 105 cm³/mol. The predicted octanol–water partition coefficient (Wildman–Crippen LogP) is 1.63. The second kappa shape index (κ2) is 5.83. The zero-order valence-electron chi connectivity index (χ0n) is 16.5. The quantitative estimate of drug-likeness (QED) is 0.601. The molecule has 7 nitrogen and oxygen atoms in total. The van der Waals surface area contributed by atoms with Crippen molar-refractivity contribution in [3.63, 3.8) is 0 Å². The Balaban J connectivity index is 1.62. The Kier molecular flexibility index (Phi) is 3.95.